The monoisotopic (exact) mass is 304 g/mol. The van der Waals surface area contributed by atoms with Crippen LogP contribution < -0.4 is 10.6 Å². The van der Waals surface area contributed by atoms with Gasteiger partial charge in [0.15, 0.2) is 16.7 Å². The van der Waals surface area contributed by atoms with Crippen LogP contribution in [0, 0.1) is 0 Å². The molecule has 0 unspecified atom stereocenters. The van der Waals surface area contributed by atoms with Gasteiger partial charge in [-0.05, 0) is 36.5 Å². The molecule has 0 atom stereocenters. The standard InChI is InChI=1S/C14H12N2O4S/c17-10-5-2-1-4-9(10)11(18)8-15-14(21)16-13(19)12-6-3-7-20-12/h1-7,17H,8H2,(H2,15,16,19,21). The van der Waals surface area contributed by atoms with Crippen molar-refractivity contribution in [2.24, 2.45) is 0 Å². The van der Waals surface area contributed by atoms with Crippen LogP contribution in [0.5, 0.6) is 5.75 Å². The molecule has 0 aliphatic heterocycles. The molecular weight excluding hydrogens is 292 g/mol. The van der Waals surface area contributed by atoms with Gasteiger partial charge in [0.1, 0.15) is 5.75 Å². The second-order valence-electron chi connectivity index (χ2n) is 4.05. The molecule has 3 N–H and O–H groups in total. The summed E-state index contributed by atoms with van der Waals surface area (Å²) in [7, 11) is 0. The molecule has 0 radical (unpaired) electrons. The zero-order valence-electron chi connectivity index (χ0n) is 10.8. The summed E-state index contributed by atoms with van der Waals surface area (Å²) in [5.41, 5.74) is 0.185. The number of carbonyl (C=O) groups is 2. The first-order valence-corrected chi connectivity index (χ1v) is 6.42. The van der Waals surface area contributed by atoms with Gasteiger partial charge in [0.05, 0.1) is 18.4 Å². The van der Waals surface area contributed by atoms with Gasteiger partial charge in [-0.1, -0.05) is 12.1 Å². The molecule has 1 amide bonds. The Morgan fingerprint density at radius 2 is 1.95 bits per heavy atom. The molecule has 0 bridgehead atoms. The molecule has 2 rings (SSSR count). The van der Waals surface area contributed by atoms with Gasteiger partial charge in [-0.3, -0.25) is 14.9 Å². The summed E-state index contributed by atoms with van der Waals surface area (Å²) in [4.78, 5) is 23.5. The number of phenols is 1. The van der Waals surface area contributed by atoms with Gasteiger partial charge >= 0.3 is 0 Å². The maximum atomic E-state index is 11.9. The molecular formula is C14H12N2O4S. The lowest BCUT2D eigenvalue weighted by molar-refractivity contribution is 0.0944. The molecule has 21 heavy (non-hydrogen) atoms. The van der Waals surface area contributed by atoms with Gasteiger partial charge in [0.2, 0.25) is 0 Å². The van der Waals surface area contributed by atoms with Gasteiger partial charge in [-0.2, -0.15) is 0 Å². The van der Waals surface area contributed by atoms with Crippen molar-refractivity contribution >= 4 is 29.0 Å². The Bertz CT molecular complexity index is 667. The number of rotatable bonds is 4. The van der Waals surface area contributed by atoms with Gasteiger partial charge < -0.3 is 14.8 Å². The summed E-state index contributed by atoms with van der Waals surface area (Å²) in [6.07, 6.45) is 1.37. The molecule has 0 fully saturated rings. The number of benzene rings is 1. The van der Waals surface area contributed by atoms with Crippen LogP contribution in [0.3, 0.4) is 0 Å². The number of hydrogen-bond donors (Lipinski definition) is 3. The van der Waals surface area contributed by atoms with Crippen LogP contribution in [-0.4, -0.2) is 28.5 Å². The van der Waals surface area contributed by atoms with Gasteiger partial charge in [-0.25, -0.2) is 0 Å². The Morgan fingerprint density at radius 1 is 1.19 bits per heavy atom. The highest BCUT2D eigenvalue weighted by Gasteiger charge is 2.13. The van der Waals surface area contributed by atoms with E-state index in [4.69, 9.17) is 16.6 Å². The normalized spacial score (nSPS) is 9.90. The smallest absolute Gasteiger partial charge is 0.293 e. The van der Waals surface area contributed by atoms with Crippen LogP contribution in [-0.2, 0) is 0 Å². The van der Waals surface area contributed by atoms with E-state index in [0.717, 1.165) is 0 Å². The fourth-order valence-electron chi connectivity index (χ4n) is 1.58. The van der Waals surface area contributed by atoms with E-state index in [2.05, 4.69) is 10.6 Å². The molecule has 0 saturated carbocycles. The van der Waals surface area contributed by atoms with Crippen molar-refractivity contribution in [3.63, 3.8) is 0 Å². The quantitative estimate of drug-likeness (QED) is 0.585. The first kappa shape index (κ1) is 14.7. The van der Waals surface area contributed by atoms with Crippen LogP contribution in [0.2, 0.25) is 0 Å². The number of ketones is 1. The zero-order chi connectivity index (χ0) is 15.2. The maximum absolute atomic E-state index is 11.9. The van der Waals surface area contributed by atoms with Crippen LogP contribution in [0.1, 0.15) is 20.9 Å². The Labute approximate surface area is 125 Å². The molecule has 0 aliphatic carbocycles. The van der Waals surface area contributed by atoms with Crippen LogP contribution in [0.15, 0.2) is 47.1 Å². The van der Waals surface area contributed by atoms with Crippen molar-refractivity contribution in [2.75, 3.05) is 6.54 Å². The van der Waals surface area contributed by atoms with Crippen molar-refractivity contribution in [3.8, 4) is 5.75 Å². The number of amides is 1. The number of furan rings is 1. The van der Waals surface area contributed by atoms with Crippen molar-refractivity contribution in [2.45, 2.75) is 0 Å². The van der Waals surface area contributed by atoms with Crippen molar-refractivity contribution in [1.29, 1.82) is 0 Å². The average molecular weight is 304 g/mol. The Hall–Kier alpha value is -2.67. The summed E-state index contributed by atoms with van der Waals surface area (Å²) in [6.45, 7) is -0.144. The highest BCUT2D eigenvalue weighted by Crippen LogP contribution is 2.15. The lowest BCUT2D eigenvalue weighted by Crippen LogP contribution is -2.41. The third kappa shape index (κ3) is 3.90. The first-order valence-electron chi connectivity index (χ1n) is 6.02. The number of para-hydroxylation sites is 1. The molecule has 108 valence electrons. The second kappa shape index (κ2) is 6.67. The van der Waals surface area contributed by atoms with Crippen LogP contribution >= 0.6 is 12.2 Å². The van der Waals surface area contributed by atoms with E-state index in [0.29, 0.717) is 0 Å². The van der Waals surface area contributed by atoms with E-state index >= 15 is 0 Å². The van der Waals surface area contributed by atoms with E-state index in [9.17, 15) is 14.7 Å². The third-order valence-electron chi connectivity index (χ3n) is 2.59. The highest BCUT2D eigenvalue weighted by atomic mass is 32.1. The largest absolute Gasteiger partial charge is 0.507 e. The molecule has 6 nitrogen and oxygen atoms in total. The first-order chi connectivity index (χ1) is 10.1. The molecule has 1 aromatic heterocycles. The van der Waals surface area contributed by atoms with Crippen molar-refractivity contribution in [1.82, 2.24) is 10.6 Å². The SMILES string of the molecule is O=C(NC(=S)NCC(=O)c1ccccc1O)c1ccco1. The molecule has 0 aliphatic rings. The number of hydrogen-bond acceptors (Lipinski definition) is 5. The molecule has 0 saturated heterocycles. The van der Waals surface area contributed by atoms with E-state index in [-0.39, 0.29) is 34.5 Å². The fraction of sp³-hybridized carbons (Fsp3) is 0.0714. The molecule has 0 spiro atoms. The summed E-state index contributed by atoms with van der Waals surface area (Å²) in [6, 6.07) is 9.25. The second-order valence-corrected chi connectivity index (χ2v) is 4.46. The summed E-state index contributed by atoms with van der Waals surface area (Å²) in [5, 5.41) is 14.5. The number of carbonyl (C=O) groups excluding carboxylic acids is 2. The zero-order valence-corrected chi connectivity index (χ0v) is 11.6. The maximum Gasteiger partial charge on any atom is 0.293 e. The van der Waals surface area contributed by atoms with Gasteiger partial charge in [0.25, 0.3) is 5.91 Å². The minimum absolute atomic E-state index is 0.000158. The van der Waals surface area contributed by atoms with Crippen LogP contribution in [0.25, 0.3) is 0 Å². The molecule has 7 heteroatoms. The number of nitrogens with one attached hydrogen (secondary N) is 2. The van der Waals surface area contributed by atoms with Crippen molar-refractivity contribution in [3.05, 3.63) is 54.0 Å². The minimum Gasteiger partial charge on any atom is -0.507 e. The fourth-order valence-corrected chi connectivity index (χ4v) is 1.75. The van der Waals surface area contributed by atoms with Gasteiger partial charge in [0, 0.05) is 0 Å². The van der Waals surface area contributed by atoms with Gasteiger partial charge in [-0.15, -0.1) is 0 Å². The minimum atomic E-state index is -0.507. The lowest BCUT2D eigenvalue weighted by atomic mass is 10.1. The van der Waals surface area contributed by atoms with E-state index in [1.165, 1.54) is 24.5 Å². The summed E-state index contributed by atoms with van der Waals surface area (Å²) < 4.78 is 4.91. The number of thiocarbonyl (C=S) groups is 1. The third-order valence-corrected chi connectivity index (χ3v) is 2.83. The average Bonchev–Trinajstić information content (AvgIpc) is 2.99. The van der Waals surface area contributed by atoms with E-state index in [1.54, 1.807) is 18.2 Å². The Kier molecular flexibility index (Phi) is 4.68. The van der Waals surface area contributed by atoms with Crippen LogP contribution in [0.4, 0.5) is 0 Å². The number of phenolic OH excluding ortho intramolecular Hbond substituents is 1. The molecule has 1 aromatic carbocycles. The van der Waals surface area contributed by atoms with E-state index in [1.807, 2.05) is 0 Å². The summed E-state index contributed by atoms with van der Waals surface area (Å²) >= 11 is 4.91. The topological polar surface area (TPSA) is 91.6 Å². The summed E-state index contributed by atoms with van der Waals surface area (Å²) in [5.74, 6) is -0.837. The highest BCUT2D eigenvalue weighted by molar-refractivity contribution is 7.80. The Morgan fingerprint density at radius 3 is 2.62 bits per heavy atom. The Balaban J connectivity index is 1.86. The predicted octanol–water partition coefficient (Wildman–Crippen LogP) is 1.47. The molecule has 1 heterocycles. The number of Topliss-reactive ketones (excluding diaryl/α,β-unsaturated/α-hetero) is 1. The van der Waals surface area contributed by atoms with Crippen molar-refractivity contribution < 1.29 is 19.1 Å². The number of aromatic hydroxyl groups is 1. The molecule has 2 aromatic rings. The predicted molar refractivity (Wildman–Crippen MR) is 79.2 cm³/mol. The lowest BCUT2D eigenvalue weighted by Gasteiger charge is -2.08. The van der Waals surface area contributed by atoms with E-state index < -0.39 is 5.91 Å².